The Balaban J connectivity index is 0.00000144. The predicted molar refractivity (Wildman–Crippen MR) is 54.4 cm³/mol. The number of hydrogen-bond donors (Lipinski definition) is 2. The Morgan fingerprint density at radius 3 is 2.77 bits per heavy atom. The smallest absolute Gasteiger partial charge is 0.0314 e. The first-order valence-electron chi connectivity index (χ1n) is 4.17. The standard InChI is InChI=1S/C8H15ClNOS.Re/c1-6-7(5-12-3-2-9)8(11)4-10-6;/h4,6-8,10-11H,2-3,5H2,1H3;/q-1;/t6-,7+,8?;/m0./s1. The molecule has 1 rings (SSSR count). The van der Waals surface area contributed by atoms with Gasteiger partial charge in [0, 0.05) is 32.1 Å². The van der Waals surface area contributed by atoms with Crippen LogP contribution in [0.15, 0.2) is 0 Å². The van der Waals surface area contributed by atoms with Crippen molar-refractivity contribution in [1.29, 1.82) is 0 Å². The summed E-state index contributed by atoms with van der Waals surface area (Å²) in [5, 5.41) is 12.6. The van der Waals surface area contributed by atoms with Crippen molar-refractivity contribution < 1.29 is 25.5 Å². The van der Waals surface area contributed by atoms with Gasteiger partial charge in [0.15, 0.2) is 0 Å². The van der Waals surface area contributed by atoms with Crippen LogP contribution in [0.2, 0.25) is 0 Å². The van der Waals surface area contributed by atoms with Gasteiger partial charge in [0.05, 0.1) is 0 Å². The molecule has 79 valence electrons. The Morgan fingerprint density at radius 1 is 1.62 bits per heavy atom. The summed E-state index contributed by atoms with van der Waals surface area (Å²) >= 11 is 7.36. The summed E-state index contributed by atoms with van der Waals surface area (Å²) in [5.74, 6) is 2.99. The van der Waals surface area contributed by atoms with Crippen LogP contribution in [0, 0.1) is 12.5 Å². The number of aliphatic hydroxyl groups excluding tert-OH is 1. The van der Waals surface area contributed by atoms with E-state index in [2.05, 4.69) is 12.2 Å². The van der Waals surface area contributed by atoms with Crippen molar-refractivity contribution >= 4 is 23.4 Å². The quantitative estimate of drug-likeness (QED) is 0.425. The number of hydrogen-bond acceptors (Lipinski definition) is 3. The third kappa shape index (κ3) is 4.51. The first kappa shape index (κ1) is 14.2. The number of rotatable bonds is 4. The summed E-state index contributed by atoms with van der Waals surface area (Å²) in [6, 6.07) is 0.392. The van der Waals surface area contributed by atoms with Gasteiger partial charge >= 0.3 is 0 Å². The summed E-state index contributed by atoms with van der Waals surface area (Å²) in [6.45, 7) is 3.87. The molecule has 1 saturated heterocycles. The van der Waals surface area contributed by atoms with Gasteiger partial charge in [-0.3, -0.25) is 0 Å². The number of thioether (sulfide) groups is 1. The molecule has 1 radical (unpaired) electrons. The van der Waals surface area contributed by atoms with E-state index >= 15 is 0 Å². The molecule has 1 fully saturated rings. The number of aliphatic hydroxyl groups is 1. The maximum Gasteiger partial charge on any atom is 0.0314 e. The Labute approximate surface area is 103 Å². The maximum atomic E-state index is 9.49. The fraction of sp³-hybridized carbons (Fsp3) is 0.875. The van der Waals surface area contributed by atoms with Crippen LogP contribution in [-0.2, 0) is 20.4 Å². The van der Waals surface area contributed by atoms with E-state index in [1.165, 1.54) is 0 Å². The van der Waals surface area contributed by atoms with Crippen molar-refractivity contribution in [2.24, 2.45) is 5.92 Å². The number of alkyl halides is 1. The number of nitrogens with one attached hydrogen (secondary N) is 1. The second-order valence-corrected chi connectivity index (χ2v) is 4.57. The molecule has 13 heavy (non-hydrogen) atoms. The normalized spacial score (nSPS) is 33.0. The Kier molecular flexibility index (Phi) is 8.21. The van der Waals surface area contributed by atoms with Crippen LogP contribution >= 0.6 is 23.4 Å². The minimum absolute atomic E-state index is 0. The summed E-state index contributed by atoms with van der Waals surface area (Å²) in [5.41, 5.74) is 0. The average Bonchev–Trinajstić information content (AvgIpc) is 2.35. The second-order valence-electron chi connectivity index (χ2n) is 3.04. The molecule has 0 spiro atoms. The monoisotopic (exact) mass is 395 g/mol. The molecule has 1 unspecified atom stereocenters. The van der Waals surface area contributed by atoms with Gasteiger partial charge in [-0.15, -0.1) is 11.6 Å². The van der Waals surface area contributed by atoms with E-state index in [4.69, 9.17) is 11.6 Å². The minimum Gasteiger partial charge on any atom is -0.465 e. The molecule has 2 nitrogen and oxygen atoms in total. The van der Waals surface area contributed by atoms with Gasteiger partial charge < -0.3 is 10.4 Å². The van der Waals surface area contributed by atoms with Gasteiger partial charge in [0.2, 0.25) is 0 Å². The Hall–Kier alpha value is 1.22. The molecule has 0 aliphatic carbocycles. The van der Waals surface area contributed by atoms with Crippen LogP contribution in [0.25, 0.3) is 0 Å². The summed E-state index contributed by atoms with van der Waals surface area (Å²) in [4.78, 5) is 0. The van der Waals surface area contributed by atoms with Crippen molar-refractivity contribution in [3.8, 4) is 0 Å². The molecule has 0 aromatic carbocycles. The molecule has 1 aliphatic heterocycles. The fourth-order valence-corrected chi connectivity index (χ4v) is 2.67. The molecule has 5 heteroatoms. The van der Waals surface area contributed by atoms with E-state index in [-0.39, 0.29) is 26.5 Å². The SMILES string of the molecule is C[C@@H]1N[CH-]C(O)[C@@H]1CSCCCl.[Re]. The van der Waals surface area contributed by atoms with Crippen molar-refractivity contribution in [3.05, 3.63) is 6.54 Å². The third-order valence-corrected chi connectivity index (χ3v) is 3.67. The van der Waals surface area contributed by atoms with Crippen molar-refractivity contribution in [3.63, 3.8) is 0 Å². The summed E-state index contributed by atoms with van der Waals surface area (Å²) in [6.07, 6.45) is -0.289. The molecule has 0 bridgehead atoms. The van der Waals surface area contributed by atoms with Gasteiger partial charge in [0.1, 0.15) is 0 Å². The zero-order chi connectivity index (χ0) is 8.97. The van der Waals surface area contributed by atoms with Crippen LogP contribution in [0.1, 0.15) is 6.92 Å². The fourth-order valence-electron chi connectivity index (χ4n) is 1.31. The largest absolute Gasteiger partial charge is 0.465 e. The molecule has 3 atom stereocenters. The van der Waals surface area contributed by atoms with Crippen molar-refractivity contribution in [1.82, 2.24) is 5.32 Å². The van der Waals surface area contributed by atoms with Gasteiger partial charge in [-0.25, -0.2) is 6.54 Å². The van der Waals surface area contributed by atoms with Crippen LogP contribution in [0.4, 0.5) is 0 Å². The van der Waals surface area contributed by atoms with Crippen LogP contribution < -0.4 is 5.32 Å². The van der Waals surface area contributed by atoms with E-state index in [0.717, 1.165) is 11.5 Å². The molecule has 1 aliphatic rings. The summed E-state index contributed by atoms with van der Waals surface area (Å²) < 4.78 is 0. The van der Waals surface area contributed by atoms with Gasteiger partial charge in [-0.2, -0.15) is 11.8 Å². The minimum atomic E-state index is -0.289. The van der Waals surface area contributed by atoms with Crippen molar-refractivity contribution in [2.75, 3.05) is 17.4 Å². The van der Waals surface area contributed by atoms with Gasteiger partial charge in [-0.1, -0.05) is 13.0 Å². The van der Waals surface area contributed by atoms with E-state index < -0.39 is 0 Å². The summed E-state index contributed by atoms with van der Waals surface area (Å²) in [7, 11) is 0. The molecule has 0 aromatic heterocycles. The molecule has 0 saturated carbocycles. The van der Waals surface area contributed by atoms with Crippen LogP contribution in [-0.4, -0.2) is 34.6 Å². The maximum absolute atomic E-state index is 9.49. The Morgan fingerprint density at radius 2 is 2.31 bits per heavy atom. The zero-order valence-corrected chi connectivity index (χ0v) is 11.8. The molecular weight excluding hydrogens is 380 g/mol. The molecular formula is C8H15ClNOReS-. The van der Waals surface area contributed by atoms with Crippen LogP contribution in [0.5, 0.6) is 0 Å². The second kappa shape index (κ2) is 7.51. The van der Waals surface area contributed by atoms with E-state index in [9.17, 15) is 5.11 Å². The van der Waals surface area contributed by atoms with E-state index in [1.54, 1.807) is 18.3 Å². The van der Waals surface area contributed by atoms with E-state index in [0.29, 0.717) is 17.8 Å². The molecule has 1 heterocycles. The van der Waals surface area contributed by atoms with Crippen LogP contribution in [0.3, 0.4) is 0 Å². The van der Waals surface area contributed by atoms with Gasteiger partial charge in [0.25, 0.3) is 0 Å². The average molecular weight is 395 g/mol. The Bertz CT molecular complexity index is 131. The predicted octanol–water partition coefficient (Wildman–Crippen LogP) is 1.09. The first-order valence-corrected chi connectivity index (χ1v) is 5.85. The van der Waals surface area contributed by atoms with E-state index in [1.807, 2.05) is 0 Å². The molecule has 2 N–H and O–H groups in total. The molecule has 0 aromatic rings. The third-order valence-electron chi connectivity index (χ3n) is 2.14. The molecule has 0 amide bonds. The zero-order valence-electron chi connectivity index (χ0n) is 7.54. The number of halogens is 1. The van der Waals surface area contributed by atoms with Crippen molar-refractivity contribution in [2.45, 2.75) is 19.1 Å². The van der Waals surface area contributed by atoms with Gasteiger partial charge in [-0.05, 0) is 17.7 Å². The first-order chi connectivity index (χ1) is 5.75. The topological polar surface area (TPSA) is 32.3 Å².